The number of carbonyl (C=O) groups excluding carboxylic acids is 1. The molecule has 114 valence electrons. The Labute approximate surface area is 118 Å². The summed E-state index contributed by atoms with van der Waals surface area (Å²) in [5.74, 6) is 0. The van der Waals surface area contributed by atoms with Crippen molar-refractivity contribution in [3.05, 3.63) is 0 Å². The Morgan fingerprint density at radius 1 is 1.42 bits per heavy atom. The lowest BCUT2D eigenvalue weighted by atomic mass is 10.4. The second-order valence-corrected chi connectivity index (χ2v) is 12.5. The van der Waals surface area contributed by atoms with E-state index in [2.05, 4.69) is 23.7 Å². The monoisotopic (exact) mass is 328 g/mol. The van der Waals surface area contributed by atoms with Gasteiger partial charge in [-0.05, 0) is 32.5 Å². The van der Waals surface area contributed by atoms with Gasteiger partial charge in [-0.15, -0.1) is 0 Å². The van der Waals surface area contributed by atoms with Crippen LogP contribution >= 0.6 is 0 Å². The van der Waals surface area contributed by atoms with E-state index >= 15 is 0 Å². The van der Waals surface area contributed by atoms with Gasteiger partial charge in [-0.3, -0.25) is 4.55 Å². The molecule has 0 saturated heterocycles. The first kappa shape index (κ1) is 18.6. The van der Waals surface area contributed by atoms with Gasteiger partial charge >= 0.3 is 6.03 Å². The van der Waals surface area contributed by atoms with Gasteiger partial charge < -0.3 is 14.7 Å². The molecule has 0 aliphatic carbocycles. The number of nitrogens with one attached hydrogen (secondary N) is 2. The summed E-state index contributed by atoms with van der Waals surface area (Å²) in [6.45, 7) is 6.00. The van der Waals surface area contributed by atoms with E-state index in [1.165, 1.54) is 6.92 Å². The van der Waals surface area contributed by atoms with Crippen molar-refractivity contribution < 1.29 is 21.9 Å². The summed E-state index contributed by atoms with van der Waals surface area (Å²) < 4.78 is 35.7. The number of hydrogen-bond donors (Lipinski definition) is 3. The van der Waals surface area contributed by atoms with Gasteiger partial charge in [-0.1, -0.05) is 0 Å². The first-order valence-corrected chi connectivity index (χ1v) is 11.5. The highest BCUT2D eigenvalue weighted by molar-refractivity contribution is 7.86. The van der Waals surface area contributed by atoms with E-state index in [4.69, 9.17) is 8.67 Å². The van der Waals surface area contributed by atoms with E-state index in [9.17, 15) is 13.2 Å². The lowest BCUT2D eigenvalue weighted by Gasteiger charge is -2.20. The van der Waals surface area contributed by atoms with Gasteiger partial charge in [0.2, 0.25) is 0 Å². The Hall–Kier alpha value is -0.426. The van der Waals surface area contributed by atoms with E-state index in [1.807, 2.05) is 0 Å². The number of carbonyl (C=O) groups is 1. The largest absolute Gasteiger partial charge is 0.463 e. The van der Waals surface area contributed by atoms with Crippen molar-refractivity contribution in [1.29, 1.82) is 0 Å². The minimum atomic E-state index is -4.10. The first-order chi connectivity index (χ1) is 8.58. The topological polar surface area (TPSA) is 105 Å². The predicted octanol–water partition coefficient (Wildman–Crippen LogP) is -0.546. The van der Waals surface area contributed by atoms with E-state index in [0.29, 0.717) is 6.54 Å². The molecule has 10 heteroatoms. The summed E-state index contributed by atoms with van der Waals surface area (Å²) in [6.07, 6.45) is 0.836. The highest BCUT2D eigenvalue weighted by Crippen LogP contribution is 2.10. The Morgan fingerprint density at radius 3 is 2.47 bits per heavy atom. The van der Waals surface area contributed by atoms with Crippen LogP contribution in [-0.4, -0.2) is 56.1 Å². The van der Waals surface area contributed by atoms with Crippen LogP contribution in [0.25, 0.3) is 0 Å². The molecule has 0 aliphatic rings. The van der Waals surface area contributed by atoms with Gasteiger partial charge in [0, 0.05) is 13.1 Å². The van der Waals surface area contributed by atoms with E-state index in [0.717, 1.165) is 23.0 Å². The summed E-state index contributed by atoms with van der Waals surface area (Å²) in [5, 5.41) is 4.02. The van der Waals surface area contributed by atoms with Gasteiger partial charge in [0.05, 0.1) is 0 Å². The van der Waals surface area contributed by atoms with Crippen LogP contribution < -0.4 is 10.6 Å². The van der Waals surface area contributed by atoms with Crippen molar-refractivity contribution >= 4 is 35.0 Å². The quantitative estimate of drug-likeness (QED) is 0.315. The third kappa shape index (κ3) is 9.16. The zero-order valence-electron chi connectivity index (χ0n) is 11.9. The molecule has 0 spiro atoms. The van der Waals surface area contributed by atoms with Gasteiger partial charge in [-0.25, -0.2) is 4.79 Å². The molecule has 0 rings (SSSR count). The normalized spacial score (nSPS) is 14.1. The maximum absolute atomic E-state index is 11.4. The molecule has 1 unspecified atom stereocenters. The number of hydrogen-bond acceptors (Lipinski definition) is 4. The Balaban J connectivity index is 3.78. The molecule has 0 aromatic carbocycles. The molecule has 1 atom stereocenters. The Morgan fingerprint density at radius 2 is 2.00 bits per heavy atom. The van der Waals surface area contributed by atoms with Crippen LogP contribution in [-0.2, 0) is 14.2 Å². The maximum atomic E-state index is 11.4. The van der Waals surface area contributed by atoms with Gasteiger partial charge in [0.15, 0.2) is 8.32 Å². The third-order valence-corrected chi connectivity index (χ3v) is 10.0. The lowest BCUT2D eigenvalue weighted by molar-refractivity contribution is 0.241. The van der Waals surface area contributed by atoms with Crippen LogP contribution in [0.3, 0.4) is 0 Å². The van der Waals surface area contributed by atoms with E-state index in [1.54, 1.807) is 0 Å². The van der Waals surface area contributed by atoms with Crippen molar-refractivity contribution in [3.63, 3.8) is 0 Å². The number of rotatable bonds is 8. The highest BCUT2D eigenvalue weighted by atomic mass is 32.2. The van der Waals surface area contributed by atoms with Gasteiger partial charge in [0.25, 0.3) is 10.1 Å². The minimum absolute atomic E-state index is 0.116. The highest BCUT2D eigenvalue weighted by Gasteiger charge is 2.19. The molecule has 0 radical (unpaired) electrons. The second kappa shape index (κ2) is 7.99. The van der Waals surface area contributed by atoms with Crippen LogP contribution in [0.2, 0.25) is 19.1 Å². The van der Waals surface area contributed by atoms with Crippen LogP contribution in [0.15, 0.2) is 0 Å². The van der Waals surface area contributed by atoms with Crippen molar-refractivity contribution in [1.82, 2.24) is 10.6 Å². The van der Waals surface area contributed by atoms with Crippen LogP contribution in [0, 0.1) is 0 Å². The summed E-state index contributed by atoms with van der Waals surface area (Å²) in [5.41, 5.74) is 0. The SMILES string of the molecule is CC(CNC(=O)NCCC[Si](C)(C)O[SiH3])S(=O)(=O)O. The average molecular weight is 329 g/mol. The molecule has 3 N–H and O–H groups in total. The fraction of sp³-hybridized carbons (Fsp3) is 0.889. The maximum Gasteiger partial charge on any atom is 0.314 e. The zero-order chi connectivity index (χ0) is 15.1. The molecule has 0 aromatic rings. The Kier molecular flexibility index (Phi) is 7.81. The molecule has 0 fully saturated rings. The van der Waals surface area contributed by atoms with E-state index in [-0.39, 0.29) is 6.54 Å². The summed E-state index contributed by atoms with van der Waals surface area (Å²) in [4.78, 5) is 11.4. The molecule has 0 heterocycles. The summed E-state index contributed by atoms with van der Waals surface area (Å²) >= 11 is 0. The molecule has 2 amide bonds. The van der Waals surface area contributed by atoms with Crippen molar-refractivity contribution in [2.24, 2.45) is 0 Å². The van der Waals surface area contributed by atoms with E-state index < -0.39 is 29.7 Å². The van der Waals surface area contributed by atoms with Gasteiger partial charge in [-0.2, -0.15) is 8.42 Å². The molecule has 0 bridgehead atoms. The summed E-state index contributed by atoms with van der Waals surface area (Å²) in [7, 11) is -4.89. The average Bonchev–Trinajstić information content (AvgIpc) is 2.30. The van der Waals surface area contributed by atoms with Crippen molar-refractivity contribution in [2.75, 3.05) is 13.1 Å². The van der Waals surface area contributed by atoms with Crippen molar-refractivity contribution in [3.8, 4) is 0 Å². The molecule has 0 aliphatic heterocycles. The number of amides is 2. The Bertz CT molecular complexity index is 388. The van der Waals surface area contributed by atoms with Crippen LogP contribution in [0.5, 0.6) is 0 Å². The molecule has 19 heavy (non-hydrogen) atoms. The first-order valence-electron chi connectivity index (χ1n) is 6.11. The molecule has 0 saturated carbocycles. The number of urea groups is 1. The third-order valence-electron chi connectivity index (χ3n) is 2.85. The van der Waals surface area contributed by atoms with Crippen LogP contribution in [0.1, 0.15) is 13.3 Å². The lowest BCUT2D eigenvalue weighted by Crippen LogP contribution is -2.41. The molecule has 7 nitrogen and oxygen atoms in total. The molecule has 0 aromatic heterocycles. The van der Waals surface area contributed by atoms with Gasteiger partial charge in [0.1, 0.15) is 15.7 Å². The van der Waals surface area contributed by atoms with Crippen LogP contribution in [0.4, 0.5) is 4.79 Å². The smallest absolute Gasteiger partial charge is 0.314 e. The molecular formula is C9H24N2O5SSi2. The standard InChI is InChI=1S/C9H24N2O5SSi2/c1-8(17(13,14)15)7-11-9(12)10-5-4-6-19(2,3)16-18/h8H,4-7H2,1-3,18H3,(H2,10,11,12)(H,13,14,15). The zero-order valence-corrected chi connectivity index (χ0v) is 15.7. The fourth-order valence-corrected chi connectivity index (χ4v) is 3.36. The second-order valence-electron chi connectivity index (χ2n) is 5.03. The summed E-state index contributed by atoms with van der Waals surface area (Å²) in [6, 6.07) is 0.542. The minimum Gasteiger partial charge on any atom is -0.463 e. The fourth-order valence-electron chi connectivity index (χ4n) is 1.22. The predicted molar refractivity (Wildman–Crippen MR) is 80.3 cm³/mol. The van der Waals surface area contributed by atoms with Crippen molar-refractivity contribution in [2.45, 2.75) is 37.7 Å². The molecular weight excluding hydrogens is 304 g/mol.